The average molecular weight is 298 g/mol. The molecule has 5 heteroatoms. The highest BCUT2D eigenvalue weighted by Crippen LogP contribution is 2.28. The molecule has 122 valence electrons. The minimum atomic E-state index is -0.397. The van der Waals surface area contributed by atoms with Crippen molar-refractivity contribution >= 4 is 6.03 Å². The highest BCUT2D eigenvalue weighted by Gasteiger charge is 2.34. The van der Waals surface area contributed by atoms with E-state index in [2.05, 4.69) is 10.6 Å². The van der Waals surface area contributed by atoms with Crippen LogP contribution in [-0.2, 0) is 4.74 Å². The van der Waals surface area contributed by atoms with Crippen LogP contribution in [0.25, 0.3) is 0 Å². The quantitative estimate of drug-likeness (QED) is 0.520. The molecule has 0 atom stereocenters. The van der Waals surface area contributed by atoms with Crippen molar-refractivity contribution < 1.29 is 14.6 Å². The second-order valence-corrected chi connectivity index (χ2v) is 6.51. The Hall–Kier alpha value is -0.810. The van der Waals surface area contributed by atoms with Crippen LogP contribution >= 0.6 is 0 Å². The molecule has 21 heavy (non-hydrogen) atoms. The van der Waals surface area contributed by atoms with E-state index in [1.54, 1.807) is 0 Å². The Morgan fingerprint density at radius 3 is 2.38 bits per heavy atom. The van der Waals surface area contributed by atoms with Gasteiger partial charge in [0.25, 0.3) is 0 Å². The van der Waals surface area contributed by atoms with Crippen molar-refractivity contribution in [2.45, 2.75) is 75.9 Å². The first-order chi connectivity index (χ1) is 10.2. The van der Waals surface area contributed by atoms with Crippen LogP contribution in [0.1, 0.15) is 64.2 Å². The Balaban J connectivity index is 1.58. The lowest BCUT2D eigenvalue weighted by molar-refractivity contribution is 0.0458. The third kappa shape index (κ3) is 5.47. The van der Waals surface area contributed by atoms with Crippen molar-refractivity contribution in [1.82, 2.24) is 10.6 Å². The molecule has 0 aromatic rings. The molecule has 2 aliphatic carbocycles. The van der Waals surface area contributed by atoms with E-state index in [0.29, 0.717) is 19.3 Å². The topological polar surface area (TPSA) is 70.6 Å². The molecule has 2 saturated carbocycles. The van der Waals surface area contributed by atoms with E-state index in [4.69, 9.17) is 4.74 Å². The molecule has 2 aliphatic rings. The summed E-state index contributed by atoms with van der Waals surface area (Å²) in [5.74, 6) is 0. The summed E-state index contributed by atoms with van der Waals surface area (Å²) in [4.78, 5) is 11.9. The summed E-state index contributed by atoms with van der Waals surface area (Å²) in [7, 11) is 0. The second kappa shape index (κ2) is 8.59. The van der Waals surface area contributed by atoms with Crippen LogP contribution in [0.4, 0.5) is 4.79 Å². The van der Waals surface area contributed by atoms with Crippen LogP contribution in [0.5, 0.6) is 0 Å². The van der Waals surface area contributed by atoms with Crippen molar-refractivity contribution in [3.63, 3.8) is 0 Å². The number of nitrogens with one attached hydrogen (secondary N) is 2. The summed E-state index contributed by atoms with van der Waals surface area (Å²) in [5.41, 5.74) is -0.397. The summed E-state index contributed by atoms with van der Waals surface area (Å²) in [6, 6.07) is -0.185. The summed E-state index contributed by atoms with van der Waals surface area (Å²) < 4.78 is 5.84. The van der Waals surface area contributed by atoms with Crippen LogP contribution in [-0.4, -0.2) is 42.5 Å². The number of aliphatic hydroxyl groups excluding tert-OH is 1. The van der Waals surface area contributed by atoms with Crippen molar-refractivity contribution in [1.29, 1.82) is 0 Å². The number of carbonyl (C=O) groups excluding carboxylic acids is 1. The number of hydrogen-bond acceptors (Lipinski definition) is 3. The number of hydrogen-bond donors (Lipinski definition) is 3. The van der Waals surface area contributed by atoms with Gasteiger partial charge in [-0.15, -0.1) is 0 Å². The van der Waals surface area contributed by atoms with Gasteiger partial charge >= 0.3 is 6.03 Å². The van der Waals surface area contributed by atoms with Gasteiger partial charge in [-0.2, -0.15) is 0 Å². The second-order valence-electron chi connectivity index (χ2n) is 6.51. The van der Waals surface area contributed by atoms with Gasteiger partial charge in [0.1, 0.15) is 0 Å². The minimum Gasteiger partial charge on any atom is -0.394 e. The summed E-state index contributed by atoms with van der Waals surface area (Å²) in [5, 5.41) is 15.2. The molecule has 0 spiro atoms. The first-order valence-electron chi connectivity index (χ1n) is 8.53. The lowest BCUT2D eigenvalue weighted by atomic mass is 9.99. The monoisotopic (exact) mass is 298 g/mol. The molecule has 5 nitrogen and oxygen atoms in total. The maximum atomic E-state index is 11.9. The molecule has 0 unspecified atom stereocenters. The van der Waals surface area contributed by atoms with Gasteiger partial charge in [0, 0.05) is 6.54 Å². The van der Waals surface area contributed by atoms with Gasteiger partial charge in [-0.1, -0.05) is 38.5 Å². The zero-order chi connectivity index (χ0) is 15.0. The fourth-order valence-electron chi connectivity index (χ4n) is 3.46. The number of carbonyl (C=O) groups is 1. The van der Waals surface area contributed by atoms with Crippen molar-refractivity contribution in [2.24, 2.45) is 0 Å². The van der Waals surface area contributed by atoms with E-state index >= 15 is 0 Å². The fourth-order valence-corrected chi connectivity index (χ4v) is 3.46. The van der Waals surface area contributed by atoms with Crippen LogP contribution in [0.2, 0.25) is 0 Å². The molecule has 0 saturated heterocycles. The Morgan fingerprint density at radius 1 is 1.10 bits per heavy atom. The predicted octanol–water partition coefficient (Wildman–Crippen LogP) is 2.33. The molecular weight excluding hydrogens is 268 g/mol. The normalized spacial score (nSPS) is 22.7. The molecule has 0 aliphatic heterocycles. The smallest absolute Gasteiger partial charge is 0.315 e. The van der Waals surface area contributed by atoms with Crippen LogP contribution < -0.4 is 10.6 Å². The zero-order valence-corrected chi connectivity index (χ0v) is 13.0. The number of ether oxygens (including phenoxy) is 1. The lowest BCUT2D eigenvalue weighted by Crippen LogP contribution is -2.53. The van der Waals surface area contributed by atoms with E-state index in [1.807, 2.05) is 0 Å². The average Bonchev–Trinajstić information content (AvgIpc) is 2.79. The lowest BCUT2D eigenvalue weighted by Gasteiger charge is -2.28. The minimum absolute atomic E-state index is 0.0268. The third-order valence-corrected chi connectivity index (χ3v) is 4.79. The van der Waals surface area contributed by atoms with Gasteiger partial charge in [-0.05, 0) is 25.7 Å². The van der Waals surface area contributed by atoms with Gasteiger partial charge in [-0.3, -0.25) is 0 Å². The first-order valence-corrected chi connectivity index (χ1v) is 8.53. The fraction of sp³-hybridized carbons (Fsp3) is 0.938. The van der Waals surface area contributed by atoms with Gasteiger partial charge in [0.15, 0.2) is 0 Å². The van der Waals surface area contributed by atoms with E-state index in [-0.39, 0.29) is 12.6 Å². The third-order valence-electron chi connectivity index (χ3n) is 4.79. The van der Waals surface area contributed by atoms with E-state index in [0.717, 1.165) is 38.5 Å². The Kier molecular flexibility index (Phi) is 6.77. The molecule has 3 N–H and O–H groups in total. The van der Waals surface area contributed by atoms with Crippen LogP contribution in [0.15, 0.2) is 0 Å². The SMILES string of the molecule is O=C(NCCOC1CCCCCC1)NC1(CO)CCCC1. The number of urea groups is 1. The van der Waals surface area contributed by atoms with Crippen LogP contribution in [0.3, 0.4) is 0 Å². The molecule has 0 aromatic carbocycles. The number of aliphatic hydroxyl groups is 1. The maximum Gasteiger partial charge on any atom is 0.315 e. The number of rotatable bonds is 6. The molecule has 0 aromatic heterocycles. The standard InChI is InChI=1S/C16H30N2O3/c19-13-16(9-5-6-10-16)18-15(20)17-11-12-21-14-7-3-1-2-4-8-14/h14,19H,1-13H2,(H2,17,18,20). The van der Waals surface area contributed by atoms with Crippen molar-refractivity contribution in [2.75, 3.05) is 19.8 Å². The summed E-state index contributed by atoms with van der Waals surface area (Å²) in [6.07, 6.45) is 11.7. The van der Waals surface area contributed by atoms with E-state index in [1.165, 1.54) is 25.7 Å². The zero-order valence-electron chi connectivity index (χ0n) is 13.0. The number of amides is 2. The van der Waals surface area contributed by atoms with E-state index < -0.39 is 5.54 Å². The summed E-state index contributed by atoms with van der Waals surface area (Å²) in [6.45, 7) is 1.13. The Bertz CT molecular complexity index is 309. The molecule has 2 amide bonds. The van der Waals surface area contributed by atoms with Gasteiger partial charge < -0.3 is 20.5 Å². The van der Waals surface area contributed by atoms with Crippen molar-refractivity contribution in [3.8, 4) is 0 Å². The first kappa shape index (κ1) is 16.6. The largest absolute Gasteiger partial charge is 0.394 e. The highest BCUT2D eigenvalue weighted by molar-refractivity contribution is 5.74. The molecular formula is C16H30N2O3. The van der Waals surface area contributed by atoms with Gasteiger partial charge in [-0.25, -0.2) is 4.79 Å². The van der Waals surface area contributed by atoms with Gasteiger partial charge in [0.2, 0.25) is 0 Å². The molecule has 0 bridgehead atoms. The van der Waals surface area contributed by atoms with E-state index in [9.17, 15) is 9.90 Å². The van der Waals surface area contributed by atoms with Crippen molar-refractivity contribution in [3.05, 3.63) is 0 Å². The molecule has 2 fully saturated rings. The maximum absolute atomic E-state index is 11.9. The predicted molar refractivity (Wildman–Crippen MR) is 82.3 cm³/mol. The molecule has 0 radical (unpaired) electrons. The van der Waals surface area contributed by atoms with Crippen LogP contribution in [0, 0.1) is 0 Å². The van der Waals surface area contributed by atoms with Gasteiger partial charge in [0.05, 0.1) is 24.9 Å². The highest BCUT2D eigenvalue weighted by atomic mass is 16.5. The molecule has 2 rings (SSSR count). The molecule has 0 heterocycles. The Labute approximate surface area is 127 Å². The Morgan fingerprint density at radius 2 is 1.76 bits per heavy atom. The summed E-state index contributed by atoms with van der Waals surface area (Å²) >= 11 is 0.